The van der Waals surface area contributed by atoms with Crippen LogP contribution in [0.1, 0.15) is 36.1 Å². The number of nitrogens with one attached hydrogen (secondary N) is 1. The van der Waals surface area contributed by atoms with Gasteiger partial charge in [0, 0.05) is 36.6 Å². The van der Waals surface area contributed by atoms with Gasteiger partial charge in [0.25, 0.3) is 5.91 Å². The van der Waals surface area contributed by atoms with Crippen molar-refractivity contribution < 1.29 is 4.79 Å². The van der Waals surface area contributed by atoms with Crippen molar-refractivity contribution in [2.45, 2.75) is 19.9 Å². The first-order chi connectivity index (χ1) is 12.5. The first-order valence-electron chi connectivity index (χ1n) is 8.41. The van der Waals surface area contributed by atoms with Crippen molar-refractivity contribution in [3.8, 4) is 11.3 Å². The van der Waals surface area contributed by atoms with Crippen LogP contribution in [0.5, 0.6) is 0 Å². The standard InChI is InChI=1S/C19H22N6O/c1-12(2)17(18-21-8-9-25(18)3)24-19(26)14-6-4-13(5-7-14)15-10-16(20)23-11-22-15/h4-12,17H,1-3H3,(H,24,26)(H2,20,22,23)/t17-/m0/s1. The number of nitrogen functional groups attached to an aromatic ring is 1. The summed E-state index contributed by atoms with van der Waals surface area (Å²) in [6.45, 7) is 4.12. The Morgan fingerprint density at radius 1 is 1.15 bits per heavy atom. The van der Waals surface area contributed by atoms with Crippen molar-refractivity contribution in [2.24, 2.45) is 13.0 Å². The molecule has 0 radical (unpaired) electrons. The number of hydrogen-bond donors (Lipinski definition) is 2. The maximum atomic E-state index is 12.7. The number of hydrogen-bond acceptors (Lipinski definition) is 5. The van der Waals surface area contributed by atoms with E-state index in [0.29, 0.717) is 11.4 Å². The first-order valence-corrected chi connectivity index (χ1v) is 8.41. The zero-order valence-corrected chi connectivity index (χ0v) is 15.0. The number of nitrogens with zero attached hydrogens (tertiary/aromatic N) is 4. The molecule has 2 heterocycles. The van der Waals surface area contributed by atoms with Gasteiger partial charge in [-0.2, -0.15) is 0 Å². The molecule has 7 heteroatoms. The smallest absolute Gasteiger partial charge is 0.251 e. The summed E-state index contributed by atoms with van der Waals surface area (Å²) in [5.74, 6) is 1.32. The molecule has 0 spiro atoms. The average molecular weight is 350 g/mol. The molecule has 0 saturated heterocycles. The number of rotatable bonds is 5. The number of nitrogens with two attached hydrogens (primary N) is 1. The van der Waals surface area contributed by atoms with Crippen molar-refractivity contribution in [3.05, 3.63) is 60.4 Å². The molecule has 3 rings (SSSR count). The quantitative estimate of drug-likeness (QED) is 0.737. The highest BCUT2D eigenvalue weighted by atomic mass is 16.1. The lowest BCUT2D eigenvalue weighted by molar-refractivity contribution is 0.0922. The van der Waals surface area contributed by atoms with E-state index in [1.165, 1.54) is 6.33 Å². The van der Waals surface area contributed by atoms with Crippen LogP contribution >= 0.6 is 0 Å². The SMILES string of the molecule is CC(C)[C@H](NC(=O)c1ccc(-c2cc(N)ncn2)cc1)c1nccn1C. The highest BCUT2D eigenvalue weighted by Crippen LogP contribution is 2.22. The zero-order chi connectivity index (χ0) is 18.7. The molecule has 2 aromatic heterocycles. The van der Waals surface area contributed by atoms with E-state index in [2.05, 4.69) is 34.1 Å². The van der Waals surface area contributed by atoms with Gasteiger partial charge in [0.05, 0.1) is 11.7 Å². The average Bonchev–Trinajstić information content (AvgIpc) is 3.05. The molecule has 0 aliphatic carbocycles. The molecule has 0 aliphatic rings. The number of imidazole rings is 1. The third kappa shape index (κ3) is 3.72. The fourth-order valence-electron chi connectivity index (χ4n) is 2.75. The number of carbonyl (C=O) groups is 1. The molecule has 0 fully saturated rings. The molecule has 0 bridgehead atoms. The summed E-state index contributed by atoms with van der Waals surface area (Å²) in [7, 11) is 1.92. The Kier molecular flexibility index (Phi) is 4.97. The maximum absolute atomic E-state index is 12.7. The molecule has 1 aromatic carbocycles. The monoisotopic (exact) mass is 350 g/mol. The van der Waals surface area contributed by atoms with Crippen LogP contribution in [-0.2, 0) is 7.05 Å². The highest BCUT2D eigenvalue weighted by molar-refractivity contribution is 5.94. The van der Waals surface area contributed by atoms with Crippen molar-refractivity contribution in [3.63, 3.8) is 0 Å². The fourth-order valence-corrected chi connectivity index (χ4v) is 2.75. The summed E-state index contributed by atoms with van der Waals surface area (Å²) >= 11 is 0. The van der Waals surface area contributed by atoms with E-state index in [-0.39, 0.29) is 17.9 Å². The van der Waals surface area contributed by atoms with Crippen LogP contribution in [0.2, 0.25) is 0 Å². The van der Waals surface area contributed by atoms with Crippen molar-refractivity contribution in [2.75, 3.05) is 5.73 Å². The summed E-state index contributed by atoms with van der Waals surface area (Å²) in [4.78, 5) is 25.1. The zero-order valence-electron chi connectivity index (χ0n) is 15.0. The molecule has 134 valence electrons. The summed E-state index contributed by atoms with van der Waals surface area (Å²) in [5.41, 5.74) is 7.87. The summed E-state index contributed by atoms with van der Waals surface area (Å²) in [5, 5.41) is 3.08. The van der Waals surface area contributed by atoms with E-state index in [0.717, 1.165) is 17.1 Å². The lowest BCUT2D eigenvalue weighted by Crippen LogP contribution is -2.33. The van der Waals surface area contributed by atoms with Gasteiger partial charge in [0.1, 0.15) is 18.0 Å². The van der Waals surface area contributed by atoms with E-state index in [1.807, 2.05) is 29.9 Å². The predicted octanol–water partition coefficient (Wildman–Crippen LogP) is 2.59. The van der Waals surface area contributed by atoms with Gasteiger partial charge < -0.3 is 15.6 Å². The molecule has 0 unspecified atom stereocenters. The minimum absolute atomic E-state index is 0.138. The van der Waals surface area contributed by atoms with Crippen LogP contribution in [0.25, 0.3) is 11.3 Å². The number of benzene rings is 1. The molecule has 1 amide bonds. The molecular weight excluding hydrogens is 328 g/mol. The summed E-state index contributed by atoms with van der Waals surface area (Å²) in [6, 6.07) is 8.79. The molecule has 26 heavy (non-hydrogen) atoms. The molecular formula is C19H22N6O. The van der Waals surface area contributed by atoms with Crippen LogP contribution in [0.3, 0.4) is 0 Å². The van der Waals surface area contributed by atoms with Gasteiger partial charge in [0.2, 0.25) is 0 Å². The van der Waals surface area contributed by atoms with Gasteiger partial charge in [-0.15, -0.1) is 0 Å². The van der Waals surface area contributed by atoms with E-state index >= 15 is 0 Å². The van der Waals surface area contributed by atoms with Crippen LogP contribution in [-0.4, -0.2) is 25.4 Å². The topological polar surface area (TPSA) is 98.7 Å². The van der Waals surface area contributed by atoms with Crippen LogP contribution in [0, 0.1) is 5.92 Å². The minimum Gasteiger partial charge on any atom is -0.384 e. The van der Waals surface area contributed by atoms with Gasteiger partial charge in [-0.3, -0.25) is 4.79 Å². The third-order valence-corrected chi connectivity index (χ3v) is 4.22. The number of aromatic nitrogens is 4. The lowest BCUT2D eigenvalue weighted by Gasteiger charge is -2.22. The second-order valence-corrected chi connectivity index (χ2v) is 6.50. The highest BCUT2D eigenvalue weighted by Gasteiger charge is 2.22. The first kappa shape index (κ1) is 17.6. The number of carbonyl (C=O) groups excluding carboxylic acids is 1. The Morgan fingerprint density at radius 3 is 2.46 bits per heavy atom. The molecule has 0 saturated carbocycles. The van der Waals surface area contributed by atoms with Gasteiger partial charge >= 0.3 is 0 Å². The van der Waals surface area contributed by atoms with Crippen LogP contribution < -0.4 is 11.1 Å². The Labute approximate surface area is 152 Å². The maximum Gasteiger partial charge on any atom is 0.251 e. The van der Waals surface area contributed by atoms with Crippen LogP contribution in [0.4, 0.5) is 5.82 Å². The third-order valence-electron chi connectivity index (χ3n) is 4.22. The van der Waals surface area contributed by atoms with E-state index in [1.54, 1.807) is 24.4 Å². The second kappa shape index (κ2) is 7.35. The van der Waals surface area contributed by atoms with E-state index in [9.17, 15) is 4.79 Å². The van der Waals surface area contributed by atoms with Gasteiger partial charge in [-0.25, -0.2) is 15.0 Å². The number of aryl methyl sites for hydroxylation is 1. The van der Waals surface area contributed by atoms with E-state index < -0.39 is 0 Å². The van der Waals surface area contributed by atoms with Gasteiger partial charge in [-0.05, 0) is 18.1 Å². The summed E-state index contributed by atoms with van der Waals surface area (Å²) in [6.07, 6.45) is 5.03. The van der Waals surface area contributed by atoms with Gasteiger partial charge in [-0.1, -0.05) is 26.0 Å². The Hall–Kier alpha value is -3.22. The van der Waals surface area contributed by atoms with Crippen LogP contribution in [0.15, 0.2) is 49.1 Å². The Bertz CT molecular complexity index is 900. The summed E-state index contributed by atoms with van der Waals surface area (Å²) < 4.78 is 1.92. The number of anilines is 1. The molecule has 1 atom stereocenters. The second-order valence-electron chi connectivity index (χ2n) is 6.50. The molecule has 3 N–H and O–H groups in total. The molecule has 0 aliphatic heterocycles. The van der Waals surface area contributed by atoms with Crippen molar-refractivity contribution in [1.29, 1.82) is 0 Å². The van der Waals surface area contributed by atoms with Crippen molar-refractivity contribution >= 4 is 11.7 Å². The Balaban J connectivity index is 1.78. The fraction of sp³-hybridized carbons (Fsp3) is 0.263. The van der Waals surface area contributed by atoms with E-state index in [4.69, 9.17) is 5.73 Å². The minimum atomic E-state index is -0.163. The lowest BCUT2D eigenvalue weighted by atomic mass is 10.0. The Morgan fingerprint density at radius 2 is 1.88 bits per heavy atom. The molecule has 3 aromatic rings. The normalized spacial score (nSPS) is 12.2. The largest absolute Gasteiger partial charge is 0.384 e. The molecule has 7 nitrogen and oxygen atoms in total. The van der Waals surface area contributed by atoms with Crippen molar-refractivity contribution in [1.82, 2.24) is 24.8 Å². The predicted molar refractivity (Wildman–Crippen MR) is 100 cm³/mol. The number of amides is 1. The van der Waals surface area contributed by atoms with Gasteiger partial charge in [0.15, 0.2) is 0 Å².